The molecule has 1 rings (SSSR count). The number of amides is 1. The summed E-state index contributed by atoms with van der Waals surface area (Å²) in [5.41, 5.74) is 0.469. The summed E-state index contributed by atoms with van der Waals surface area (Å²) in [6.45, 7) is 4.85. The molecule has 0 aliphatic heterocycles. The van der Waals surface area contributed by atoms with Gasteiger partial charge in [-0.3, -0.25) is 4.79 Å². The van der Waals surface area contributed by atoms with Crippen molar-refractivity contribution in [2.75, 3.05) is 12.4 Å². The lowest BCUT2D eigenvalue weighted by atomic mass is 9.88. The molecule has 0 atom stereocenters. The maximum atomic E-state index is 12.0. The van der Waals surface area contributed by atoms with Crippen LogP contribution in [0.1, 0.15) is 37.2 Å². The average Bonchev–Trinajstić information content (AvgIpc) is 2.34. The second-order valence-corrected chi connectivity index (χ2v) is 6.21. The first-order valence-electron chi connectivity index (χ1n) is 5.91. The van der Waals surface area contributed by atoms with Gasteiger partial charge in [-0.15, -0.1) is 11.6 Å². The summed E-state index contributed by atoms with van der Waals surface area (Å²) in [6.07, 6.45) is 3.55. The van der Waals surface area contributed by atoms with E-state index in [1.807, 2.05) is 0 Å². The highest BCUT2D eigenvalue weighted by Gasteiger charge is 2.19. The predicted molar refractivity (Wildman–Crippen MR) is 78.0 cm³/mol. The van der Waals surface area contributed by atoms with Gasteiger partial charge in [0.15, 0.2) is 0 Å². The van der Waals surface area contributed by atoms with Crippen molar-refractivity contribution in [3.8, 4) is 0 Å². The number of halogens is 2. The fourth-order valence-corrected chi connectivity index (χ4v) is 2.16. The first kappa shape index (κ1) is 15.4. The Balaban J connectivity index is 2.54. The zero-order valence-electron chi connectivity index (χ0n) is 10.7. The molecule has 0 unspecified atom stereocenters. The van der Waals surface area contributed by atoms with E-state index in [1.165, 1.54) is 0 Å². The van der Waals surface area contributed by atoms with E-state index < -0.39 is 0 Å². The molecule has 1 heterocycles. The molecule has 0 saturated carbocycles. The topological polar surface area (TPSA) is 42.0 Å². The normalized spacial score (nSPS) is 11.3. The van der Waals surface area contributed by atoms with Crippen molar-refractivity contribution in [2.24, 2.45) is 5.41 Å². The summed E-state index contributed by atoms with van der Waals surface area (Å²) in [5.74, 6) is 0.504. The van der Waals surface area contributed by atoms with E-state index in [1.54, 1.807) is 18.3 Å². The van der Waals surface area contributed by atoms with Crippen LogP contribution in [0.3, 0.4) is 0 Å². The van der Waals surface area contributed by atoms with Gasteiger partial charge >= 0.3 is 0 Å². The maximum Gasteiger partial charge on any atom is 0.271 e. The van der Waals surface area contributed by atoms with Crippen molar-refractivity contribution in [1.82, 2.24) is 10.3 Å². The highest BCUT2D eigenvalue weighted by atomic mass is 79.9. The summed E-state index contributed by atoms with van der Waals surface area (Å²) in [6, 6.07) is 3.59. The molecule has 5 heteroatoms. The number of hydrogen-bond donors (Lipinski definition) is 1. The summed E-state index contributed by atoms with van der Waals surface area (Å²) >= 11 is 9.00. The summed E-state index contributed by atoms with van der Waals surface area (Å²) in [4.78, 5) is 16.0. The molecule has 0 bridgehead atoms. The first-order chi connectivity index (χ1) is 8.46. The highest BCUT2D eigenvalue weighted by Crippen LogP contribution is 2.22. The smallest absolute Gasteiger partial charge is 0.271 e. The Bertz CT molecular complexity index is 410. The van der Waals surface area contributed by atoms with Crippen LogP contribution in [0.15, 0.2) is 22.8 Å². The molecule has 0 saturated heterocycles. The zero-order valence-corrected chi connectivity index (χ0v) is 13.0. The second-order valence-electron chi connectivity index (χ2n) is 4.97. The molecular formula is C13H18BrClN2O. The van der Waals surface area contributed by atoms with Gasteiger partial charge in [0, 0.05) is 23.1 Å². The van der Waals surface area contributed by atoms with Crippen molar-refractivity contribution in [1.29, 1.82) is 0 Å². The Hall–Kier alpha value is -0.610. The van der Waals surface area contributed by atoms with E-state index >= 15 is 0 Å². The quantitative estimate of drug-likeness (QED) is 0.808. The monoisotopic (exact) mass is 332 g/mol. The molecule has 18 heavy (non-hydrogen) atoms. The van der Waals surface area contributed by atoms with Crippen LogP contribution in [0.25, 0.3) is 0 Å². The minimum atomic E-state index is -0.151. The predicted octanol–water partition coefficient (Wildman–Crippen LogP) is 3.62. The lowest BCUT2D eigenvalue weighted by Gasteiger charge is -2.24. The fraction of sp³-hybridized carbons (Fsp3) is 0.538. The van der Waals surface area contributed by atoms with E-state index in [-0.39, 0.29) is 11.3 Å². The number of carbonyl (C=O) groups excluding carboxylic acids is 1. The molecule has 1 aromatic rings. The average molecular weight is 334 g/mol. The standard InChI is InChI=1S/C13H18BrClN2O/c1-13(2,6-4-7-15)9-17-12(18)11-10(14)5-3-8-16-11/h3,5,8H,4,6-7,9H2,1-2H3,(H,17,18). The number of carbonyl (C=O) groups is 1. The SMILES string of the molecule is CC(C)(CCCCl)CNC(=O)c1ncccc1Br. The third kappa shape index (κ3) is 4.94. The Labute approximate surface area is 121 Å². The van der Waals surface area contributed by atoms with Gasteiger partial charge in [0.1, 0.15) is 5.69 Å². The Morgan fingerprint density at radius 1 is 1.56 bits per heavy atom. The number of aromatic nitrogens is 1. The van der Waals surface area contributed by atoms with Crippen molar-refractivity contribution in [3.05, 3.63) is 28.5 Å². The molecule has 1 aromatic heterocycles. The highest BCUT2D eigenvalue weighted by molar-refractivity contribution is 9.10. The number of hydrogen-bond acceptors (Lipinski definition) is 2. The lowest BCUT2D eigenvalue weighted by Crippen LogP contribution is -2.34. The number of nitrogens with zero attached hydrogens (tertiary/aromatic N) is 1. The number of alkyl halides is 1. The van der Waals surface area contributed by atoms with Gasteiger partial charge in [-0.25, -0.2) is 4.98 Å². The lowest BCUT2D eigenvalue weighted by molar-refractivity contribution is 0.0928. The fourth-order valence-electron chi connectivity index (χ4n) is 1.59. The summed E-state index contributed by atoms with van der Waals surface area (Å²) in [5, 5.41) is 2.91. The van der Waals surface area contributed by atoms with Crippen LogP contribution in [0, 0.1) is 5.41 Å². The van der Waals surface area contributed by atoms with Crippen LogP contribution >= 0.6 is 27.5 Å². The van der Waals surface area contributed by atoms with E-state index in [4.69, 9.17) is 11.6 Å². The van der Waals surface area contributed by atoms with E-state index in [2.05, 4.69) is 40.1 Å². The maximum absolute atomic E-state index is 12.0. The second kappa shape index (κ2) is 7.10. The molecular weight excluding hydrogens is 316 g/mol. The third-order valence-electron chi connectivity index (χ3n) is 2.69. The molecule has 0 aromatic carbocycles. The van der Waals surface area contributed by atoms with Gasteiger partial charge < -0.3 is 5.32 Å². The minimum Gasteiger partial charge on any atom is -0.350 e. The van der Waals surface area contributed by atoms with Crippen molar-refractivity contribution in [2.45, 2.75) is 26.7 Å². The molecule has 100 valence electrons. The van der Waals surface area contributed by atoms with Crippen molar-refractivity contribution < 1.29 is 4.79 Å². The summed E-state index contributed by atoms with van der Waals surface area (Å²) in [7, 11) is 0. The minimum absolute atomic E-state index is 0.0474. The van der Waals surface area contributed by atoms with Crippen molar-refractivity contribution in [3.63, 3.8) is 0 Å². The van der Waals surface area contributed by atoms with Crippen LogP contribution in [0.4, 0.5) is 0 Å². The Kier molecular flexibility index (Phi) is 6.09. The molecule has 0 aliphatic carbocycles. The van der Waals surface area contributed by atoms with Crippen LogP contribution < -0.4 is 5.32 Å². The zero-order chi connectivity index (χ0) is 13.6. The Morgan fingerprint density at radius 3 is 2.89 bits per heavy atom. The molecule has 0 fully saturated rings. The molecule has 1 N–H and O–H groups in total. The van der Waals surface area contributed by atoms with Gasteiger partial charge in [0.05, 0.1) is 0 Å². The first-order valence-corrected chi connectivity index (χ1v) is 7.24. The summed E-state index contributed by atoms with van der Waals surface area (Å²) < 4.78 is 0.709. The Morgan fingerprint density at radius 2 is 2.28 bits per heavy atom. The van der Waals surface area contributed by atoms with Gasteiger partial charge in [-0.2, -0.15) is 0 Å². The van der Waals surface area contributed by atoms with E-state index in [0.717, 1.165) is 12.8 Å². The molecule has 0 aliphatic rings. The van der Waals surface area contributed by atoms with Gasteiger partial charge in [0.2, 0.25) is 0 Å². The number of rotatable bonds is 6. The van der Waals surface area contributed by atoms with Crippen molar-refractivity contribution >= 4 is 33.4 Å². The van der Waals surface area contributed by atoms with Crippen LogP contribution in [-0.2, 0) is 0 Å². The van der Waals surface area contributed by atoms with Crippen LogP contribution in [-0.4, -0.2) is 23.3 Å². The van der Waals surface area contributed by atoms with Crippen LogP contribution in [0.2, 0.25) is 0 Å². The largest absolute Gasteiger partial charge is 0.350 e. The van der Waals surface area contributed by atoms with Crippen LogP contribution in [0.5, 0.6) is 0 Å². The third-order valence-corrected chi connectivity index (χ3v) is 3.60. The molecule has 1 amide bonds. The number of nitrogens with one attached hydrogen (secondary N) is 1. The molecule has 0 radical (unpaired) electrons. The molecule has 0 spiro atoms. The number of pyridine rings is 1. The molecule has 3 nitrogen and oxygen atoms in total. The van der Waals surface area contributed by atoms with Gasteiger partial charge in [0.25, 0.3) is 5.91 Å². The van der Waals surface area contributed by atoms with E-state index in [9.17, 15) is 4.79 Å². The van der Waals surface area contributed by atoms with Gasteiger partial charge in [-0.05, 0) is 46.3 Å². The van der Waals surface area contributed by atoms with Gasteiger partial charge in [-0.1, -0.05) is 13.8 Å². The van der Waals surface area contributed by atoms with E-state index in [0.29, 0.717) is 22.6 Å².